The number of rotatable bonds is 2. The van der Waals surface area contributed by atoms with Crippen LogP contribution < -0.4 is 0 Å². The van der Waals surface area contributed by atoms with Crippen molar-refractivity contribution in [1.29, 1.82) is 0 Å². The summed E-state index contributed by atoms with van der Waals surface area (Å²) in [6, 6.07) is 29.4. The molecule has 1 aliphatic carbocycles. The molecule has 36 heavy (non-hydrogen) atoms. The monoisotopic (exact) mass is 600 g/mol. The second-order valence-electron chi connectivity index (χ2n) is 9.02. The molecule has 5 heteroatoms. The molecule has 0 aliphatic heterocycles. The third-order valence-electron chi connectivity index (χ3n) is 7.19. The van der Waals surface area contributed by atoms with Crippen molar-refractivity contribution in [2.45, 2.75) is 5.41 Å². The lowest BCUT2D eigenvalue weighted by Gasteiger charge is -2.34. The van der Waals surface area contributed by atoms with Crippen molar-refractivity contribution in [3.05, 3.63) is 140 Å². The van der Waals surface area contributed by atoms with E-state index >= 15 is 0 Å². The normalized spacial score (nSPS) is 13.8. The minimum Gasteiger partial charge on any atom is -0.454 e. The van der Waals surface area contributed by atoms with E-state index in [1.54, 1.807) is 24.3 Å². The second kappa shape index (κ2) is 7.86. The molecule has 174 valence electrons. The quantitative estimate of drug-likeness (QED) is 0.192. The number of para-hydroxylation sites is 1. The van der Waals surface area contributed by atoms with E-state index < -0.39 is 5.41 Å². The highest BCUT2D eigenvalue weighted by Crippen LogP contribution is 2.59. The SMILES string of the molecule is Fc1cccc(C2(c3cccc(F)c3)c3ccccc3-c3c2cc(Br)c2oc4c(Br)cccc4c32)c1. The maximum atomic E-state index is 14.8. The van der Waals surface area contributed by atoms with Gasteiger partial charge in [-0.25, -0.2) is 8.78 Å². The minimum atomic E-state index is -0.928. The van der Waals surface area contributed by atoms with E-state index in [0.29, 0.717) is 0 Å². The Bertz CT molecular complexity index is 1810. The fourth-order valence-electron chi connectivity index (χ4n) is 5.88. The van der Waals surface area contributed by atoms with E-state index in [4.69, 9.17) is 4.42 Å². The molecule has 6 aromatic rings. The zero-order chi connectivity index (χ0) is 24.6. The lowest BCUT2D eigenvalue weighted by Crippen LogP contribution is -2.29. The van der Waals surface area contributed by atoms with Crippen LogP contribution in [-0.4, -0.2) is 0 Å². The Kier molecular flexibility index (Phi) is 4.79. The van der Waals surface area contributed by atoms with Crippen molar-refractivity contribution in [3.8, 4) is 11.1 Å². The van der Waals surface area contributed by atoms with Crippen LogP contribution in [-0.2, 0) is 5.41 Å². The van der Waals surface area contributed by atoms with E-state index in [9.17, 15) is 8.78 Å². The van der Waals surface area contributed by atoms with Gasteiger partial charge in [-0.15, -0.1) is 0 Å². The first-order chi connectivity index (χ1) is 17.5. The van der Waals surface area contributed by atoms with Gasteiger partial charge in [-0.05, 0) is 102 Å². The van der Waals surface area contributed by atoms with Gasteiger partial charge in [0, 0.05) is 10.8 Å². The Balaban J connectivity index is 1.75. The molecule has 1 aliphatic rings. The summed E-state index contributed by atoms with van der Waals surface area (Å²) in [5, 5.41) is 1.94. The summed E-state index contributed by atoms with van der Waals surface area (Å²) in [5.74, 6) is -0.681. The average Bonchev–Trinajstić information content (AvgIpc) is 3.40. The highest BCUT2D eigenvalue weighted by molar-refractivity contribution is 9.11. The number of furan rings is 1. The van der Waals surface area contributed by atoms with Crippen LogP contribution in [0.5, 0.6) is 0 Å². The molecule has 0 spiro atoms. The van der Waals surface area contributed by atoms with Crippen molar-refractivity contribution in [2.24, 2.45) is 0 Å². The first kappa shape index (κ1) is 22.0. The van der Waals surface area contributed by atoms with Crippen LogP contribution in [0.15, 0.2) is 110 Å². The Morgan fingerprint density at radius 1 is 0.611 bits per heavy atom. The number of fused-ring (bicyclic) bond motifs is 7. The molecule has 0 unspecified atom stereocenters. The summed E-state index contributed by atoms with van der Waals surface area (Å²) in [5.41, 5.74) is 5.98. The molecular weight excluding hydrogens is 586 g/mol. The zero-order valence-electron chi connectivity index (χ0n) is 18.7. The van der Waals surface area contributed by atoms with E-state index in [2.05, 4.69) is 44.0 Å². The van der Waals surface area contributed by atoms with E-state index in [0.717, 1.165) is 64.3 Å². The molecule has 1 aromatic heterocycles. The lowest BCUT2D eigenvalue weighted by atomic mass is 9.67. The van der Waals surface area contributed by atoms with Gasteiger partial charge in [-0.1, -0.05) is 60.7 Å². The summed E-state index contributed by atoms with van der Waals surface area (Å²) in [7, 11) is 0. The average molecular weight is 602 g/mol. The number of halogens is 4. The van der Waals surface area contributed by atoms with Crippen LogP contribution in [0.4, 0.5) is 8.78 Å². The molecule has 0 bridgehead atoms. The van der Waals surface area contributed by atoms with Crippen LogP contribution in [0.2, 0.25) is 0 Å². The molecular formula is C31H16Br2F2O. The summed E-state index contributed by atoms with van der Waals surface area (Å²) in [4.78, 5) is 0. The van der Waals surface area contributed by atoms with Crippen molar-refractivity contribution >= 4 is 53.8 Å². The molecule has 0 radical (unpaired) electrons. The van der Waals surface area contributed by atoms with Gasteiger partial charge in [-0.3, -0.25) is 0 Å². The molecule has 7 rings (SSSR count). The zero-order valence-corrected chi connectivity index (χ0v) is 21.8. The maximum absolute atomic E-state index is 14.8. The van der Waals surface area contributed by atoms with E-state index in [-0.39, 0.29) is 11.6 Å². The molecule has 5 aromatic carbocycles. The third-order valence-corrected chi connectivity index (χ3v) is 8.41. The standard InChI is InChI=1S/C31H16Br2F2O/c32-25-13-5-11-22-28-27-21-10-1-2-12-23(21)31(17-6-3-8-19(34)14-17,18-7-4-9-20(35)15-18)24(27)16-26(33)30(28)36-29(22)25/h1-16H. The molecule has 0 saturated heterocycles. The minimum absolute atomic E-state index is 0.341. The predicted octanol–water partition coefficient (Wildman–Crippen LogP) is 9.75. The van der Waals surface area contributed by atoms with Crippen molar-refractivity contribution in [2.75, 3.05) is 0 Å². The summed E-state index contributed by atoms with van der Waals surface area (Å²) in [6.45, 7) is 0. The molecule has 0 amide bonds. The lowest BCUT2D eigenvalue weighted by molar-refractivity contribution is 0.613. The van der Waals surface area contributed by atoms with Crippen molar-refractivity contribution in [1.82, 2.24) is 0 Å². The highest BCUT2D eigenvalue weighted by atomic mass is 79.9. The largest absolute Gasteiger partial charge is 0.454 e. The molecule has 0 saturated carbocycles. The fourth-order valence-corrected chi connectivity index (χ4v) is 6.84. The summed E-state index contributed by atoms with van der Waals surface area (Å²) in [6.07, 6.45) is 0. The van der Waals surface area contributed by atoms with Gasteiger partial charge in [0.1, 0.15) is 22.8 Å². The topological polar surface area (TPSA) is 13.1 Å². The van der Waals surface area contributed by atoms with Gasteiger partial charge in [0.2, 0.25) is 0 Å². The molecule has 0 fully saturated rings. The maximum Gasteiger partial charge on any atom is 0.150 e. The predicted molar refractivity (Wildman–Crippen MR) is 146 cm³/mol. The van der Waals surface area contributed by atoms with Crippen LogP contribution in [0.25, 0.3) is 33.1 Å². The first-order valence-corrected chi connectivity index (χ1v) is 13.0. The number of benzene rings is 5. The number of hydrogen-bond acceptors (Lipinski definition) is 1. The van der Waals surface area contributed by atoms with E-state index in [1.807, 2.05) is 48.5 Å². The fraction of sp³-hybridized carbons (Fsp3) is 0.0323. The molecule has 0 N–H and O–H groups in total. The summed E-state index contributed by atoms with van der Waals surface area (Å²) < 4.78 is 37.5. The number of hydrogen-bond donors (Lipinski definition) is 0. The second-order valence-corrected chi connectivity index (χ2v) is 10.7. The van der Waals surface area contributed by atoms with Crippen LogP contribution in [0.1, 0.15) is 22.3 Å². The highest BCUT2D eigenvalue weighted by Gasteiger charge is 2.48. The van der Waals surface area contributed by atoms with Gasteiger partial charge in [0.25, 0.3) is 0 Å². The van der Waals surface area contributed by atoms with Crippen LogP contribution in [0.3, 0.4) is 0 Å². The smallest absolute Gasteiger partial charge is 0.150 e. The third kappa shape index (κ3) is 2.84. The van der Waals surface area contributed by atoms with Gasteiger partial charge >= 0.3 is 0 Å². The Morgan fingerprint density at radius 2 is 1.28 bits per heavy atom. The van der Waals surface area contributed by atoms with Crippen molar-refractivity contribution < 1.29 is 13.2 Å². The van der Waals surface area contributed by atoms with E-state index in [1.165, 1.54) is 12.1 Å². The van der Waals surface area contributed by atoms with Crippen LogP contribution >= 0.6 is 31.9 Å². The molecule has 0 atom stereocenters. The Labute approximate surface area is 222 Å². The van der Waals surface area contributed by atoms with Gasteiger partial charge in [0.05, 0.1) is 14.4 Å². The molecule has 1 heterocycles. The summed E-state index contributed by atoms with van der Waals surface area (Å²) >= 11 is 7.40. The van der Waals surface area contributed by atoms with Gasteiger partial charge in [-0.2, -0.15) is 0 Å². The van der Waals surface area contributed by atoms with Gasteiger partial charge in [0.15, 0.2) is 0 Å². The van der Waals surface area contributed by atoms with Gasteiger partial charge < -0.3 is 4.42 Å². The van der Waals surface area contributed by atoms with Crippen LogP contribution in [0, 0.1) is 11.6 Å². The molecule has 1 nitrogen and oxygen atoms in total. The Morgan fingerprint density at radius 3 is 1.97 bits per heavy atom. The first-order valence-electron chi connectivity index (χ1n) is 11.5. The Hall–Kier alpha value is -3.28. The van der Waals surface area contributed by atoms with Crippen molar-refractivity contribution in [3.63, 3.8) is 0 Å².